The number of rotatable bonds is 2. The van der Waals surface area contributed by atoms with Crippen molar-refractivity contribution in [2.75, 3.05) is 13.2 Å². The van der Waals surface area contributed by atoms with Crippen molar-refractivity contribution in [1.82, 2.24) is 5.32 Å². The quantitative estimate of drug-likeness (QED) is 0.862. The summed E-state index contributed by atoms with van der Waals surface area (Å²) < 4.78 is 6.18. The lowest BCUT2D eigenvalue weighted by Crippen LogP contribution is -2.48. The van der Waals surface area contributed by atoms with E-state index in [1.165, 1.54) is 0 Å². The van der Waals surface area contributed by atoms with E-state index in [1.54, 1.807) is 11.3 Å². The summed E-state index contributed by atoms with van der Waals surface area (Å²) in [6.07, 6.45) is 0. The molecule has 1 aromatic carbocycles. The molecule has 1 saturated heterocycles. The Labute approximate surface area is 97.0 Å². The van der Waals surface area contributed by atoms with Gasteiger partial charge < -0.3 is 10.1 Å². The predicted molar refractivity (Wildman–Crippen MR) is 63.9 cm³/mol. The molecule has 2 heterocycles. The maximum absolute atomic E-state index is 12.0. The molecule has 0 unspecified atom stereocenters. The molecule has 1 amide bonds. The van der Waals surface area contributed by atoms with Gasteiger partial charge in [0.05, 0.1) is 24.8 Å². The Hall–Kier alpha value is -1.39. The van der Waals surface area contributed by atoms with Crippen molar-refractivity contribution in [3.63, 3.8) is 0 Å². The minimum atomic E-state index is 0.00532. The first-order chi connectivity index (χ1) is 7.84. The van der Waals surface area contributed by atoms with Crippen LogP contribution >= 0.6 is 11.3 Å². The summed E-state index contributed by atoms with van der Waals surface area (Å²) in [5.74, 6) is 0.00532. The summed E-state index contributed by atoms with van der Waals surface area (Å²) in [6.45, 7) is 1.27. The van der Waals surface area contributed by atoms with Crippen LogP contribution in [0.1, 0.15) is 10.4 Å². The number of nitrogens with one attached hydrogen (secondary N) is 1. The molecule has 82 valence electrons. The van der Waals surface area contributed by atoms with E-state index in [2.05, 4.69) is 5.32 Å². The number of carbonyl (C=O) groups is 1. The second-order valence-electron chi connectivity index (χ2n) is 3.85. The summed E-state index contributed by atoms with van der Waals surface area (Å²) in [6, 6.07) is 8.14. The number of ether oxygens (including phenoxy) is 1. The van der Waals surface area contributed by atoms with Gasteiger partial charge in [0.15, 0.2) is 0 Å². The standard InChI is InChI=1S/C12H11NO2S/c14-12(13-8-5-15-6-8)10-7-16-11-4-2-1-3-9(10)11/h1-4,7-8H,5-6H2,(H,13,14). The number of carbonyl (C=O) groups excluding carboxylic acids is 1. The highest BCUT2D eigenvalue weighted by molar-refractivity contribution is 7.17. The molecule has 3 rings (SSSR count). The minimum Gasteiger partial charge on any atom is -0.377 e. The highest BCUT2D eigenvalue weighted by atomic mass is 32.1. The normalized spacial score (nSPS) is 16.0. The van der Waals surface area contributed by atoms with E-state index in [-0.39, 0.29) is 11.9 Å². The average molecular weight is 233 g/mol. The van der Waals surface area contributed by atoms with Crippen molar-refractivity contribution in [3.05, 3.63) is 35.2 Å². The van der Waals surface area contributed by atoms with Gasteiger partial charge in [0.1, 0.15) is 0 Å². The largest absolute Gasteiger partial charge is 0.377 e. The fourth-order valence-corrected chi connectivity index (χ4v) is 2.68. The smallest absolute Gasteiger partial charge is 0.253 e. The first kappa shape index (κ1) is 9.81. The van der Waals surface area contributed by atoms with Crippen LogP contribution in [0.5, 0.6) is 0 Å². The van der Waals surface area contributed by atoms with E-state index in [0.717, 1.165) is 15.6 Å². The van der Waals surface area contributed by atoms with Crippen LogP contribution in [0.25, 0.3) is 10.1 Å². The third kappa shape index (κ3) is 1.60. The maximum Gasteiger partial charge on any atom is 0.253 e. The predicted octanol–water partition coefficient (Wildman–Crippen LogP) is 2.03. The molecule has 3 nitrogen and oxygen atoms in total. The third-order valence-electron chi connectivity index (χ3n) is 2.70. The van der Waals surface area contributed by atoms with Gasteiger partial charge >= 0.3 is 0 Å². The molecule has 16 heavy (non-hydrogen) atoms. The lowest BCUT2D eigenvalue weighted by atomic mass is 10.1. The average Bonchev–Trinajstić information content (AvgIpc) is 2.67. The number of benzene rings is 1. The molecular weight excluding hydrogens is 222 g/mol. The summed E-state index contributed by atoms with van der Waals surface area (Å²) in [7, 11) is 0. The van der Waals surface area contributed by atoms with Gasteiger partial charge in [-0.1, -0.05) is 18.2 Å². The van der Waals surface area contributed by atoms with E-state index < -0.39 is 0 Å². The van der Waals surface area contributed by atoms with Crippen LogP contribution in [-0.4, -0.2) is 25.2 Å². The fraction of sp³-hybridized carbons (Fsp3) is 0.250. The van der Waals surface area contributed by atoms with Gasteiger partial charge in [-0.3, -0.25) is 4.79 Å². The van der Waals surface area contributed by atoms with E-state index in [9.17, 15) is 4.79 Å². The van der Waals surface area contributed by atoms with Crippen molar-refractivity contribution in [2.45, 2.75) is 6.04 Å². The van der Waals surface area contributed by atoms with Gasteiger partial charge in [-0.2, -0.15) is 0 Å². The molecule has 4 heteroatoms. The van der Waals surface area contributed by atoms with Crippen molar-refractivity contribution in [2.24, 2.45) is 0 Å². The Balaban J connectivity index is 1.89. The molecule has 1 aliphatic rings. The van der Waals surface area contributed by atoms with Gasteiger partial charge in [0, 0.05) is 15.5 Å². The zero-order valence-electron chi connectivity index (χ0n) is 8.60. The fourth-order valence-electron chi connectivity index (χ4n) is 1.74. The van der Waals surface area contributed by atoms with Crippen LogP contribution in [0.2, 0.25) is 0 Å². The van der Waals surface area contributed by atoms with Crippen LogP contribution in [0, 0.1) is 0 Å². The van der Waals surface area contributed by atoms with Crippen molar-refractivity contribution < 1.29 is 9.53 Å². The number of hydrogen-bond donors (Lipinski definition) is 1. The van der Waals surface area contributed by atoms with Gasteiger partial charge in [-0.25, -0.2) is 0 Å². The van der Waals surface area contributed by atoms with Crippen molar-refractivity contribution >= 4 is 27.3 Å². The molecule has 1 aliphatic heterocycles. The monoisotopic (exact) mass is 233 g/mol. The van der Waals surface area contributed by atoms with Gasteiger partial charge in [-0.15, -0.1) is 11.3 Å². The van der Waals surface area contributed by atoms with Crippen molar-refractivity contribution in [1.29, 1.82) is 0 Å². The topological polar surface area (TPSA) is 38.3 Å². The molecule has 2 aromatic rings. The van der Waals surface area contributed by atoms with E-state index in [4.69, 9.17) is 4.74 Å². The molecule has 1 aromatic heterocycles. The number of fused-ring (bicyclic) bond motifs is 1. The molecule has 1 fully saturated rings. The second kappa shape index (κ2) is 3.88. The van der Waals surface area contributed by atoms with Crippen LogP contribution < -0.4 is 5.32 Å². The maximum atomic E-state index is 12.0. The zero-order valence-corrected chi connectivity index (χ0v) is 9.42. The summed E-state index contributed by atoms with van der Waals surface area (Å²) >= 11 is 1.60. The molecule has 0 saturated carbocycles. The van der Waals surface area contributed by atoms with Crippen LogP contribution in [0.3, 0.4) is 0 Å². The molecule has 0 radical (unpaired) electrons. The van der Waals surface area contributed by atoms with E-state index in [0.29, 0.717) is 13.2 Å². The Morgan fingerprint density at radius 2 is 2.19 bits per heavy atom. The SMILES string of the molecule is O=C(NC1COC1)c1csc2ccccc12. The first-order valence-electron chi connectivity index (χ1n) is 5.19. The minimum absolute atomic E-state index is 0.00532. The highest BCUT2D eigenvalue weighted by Crippen LogP contribution is 2.25. The van der Waals surface area contributed by atoms with Gasteiger partial charge in [0.25, 0.3) is 5.91 Å². The number of thiophene rings is 1. The van der Waals surface area contributed by atoms with Crippen molar-refractivity contribution in [3.8, 4) is 0 Å². The lowest BCUT2D eigenvalue weighted by Gasteiger charge is -2.26. The molecule has 0 aliphatic carbocycles. The zero-order chi connectivity index (χ0) is 11.0. The lowest BCUT2D eigenvalue weighted by molar-refractivity contribution is -0.00342. The molecule has 0 atom stereocenters. The van der Waals surface area contributed by atoms with Crippen LogP contribution in [0.4, 0.5) is 0 Å². The van der Waals surface area contributed by atoms with Crippen LogP contribution in [0.15, 0.2) is 29.6 Å². The molecular formula is C12H11NO2S. The van der Waals surface area contributed by atoms with E-state index >= 15 is 0 Å². The highest BCUT2D eigenvalue weighted by Gasteiger charge is 2.22. The van der Waals surface area contributed by atoms with Crippen LogP contribution in [-0.2, 0) is 4.74 Å². The first-order valence-corrected chi connectivity index (χ1v) is 6.07. The molecule has 0 bridgehead atoms. The van der Waals surface area contributed by atoms with Gasteiger partial charge in [-0.05, 0) is 6.07 Å². The number of hydrogen-bond acceptors (Lipinski definition) is 3. The second-order valence-corrected chi connectivity index (χ2v) is 4.76. The Bertz CT molecular complexity index is 531. The van der Waals surface area contributed by atoms with E-state index in [1.807, 2.05) is 29.6 Å². The Morgan fingerprint density at radius 3 is 2.94 bits per heavy atom. The Kier molecular flexibility index (Phi) is 2.38. The molecule has 0 spiro atoms. The Morgan fingerprint density at radius 1 is 1.38 bits per heavy atom. The summed E-state index contributed by atoms with van der Waals surface area (Å²) in [4.78, 5) is 12.0. The summed E-state index contributed by atoms with van der Waals surface area (Å²) in [5, 5.41) is 5.90. The van der Waals surface area contributed by atoms with Gasteiger partial charge in [0.2, 0.25) is 0 Å². The molecule has 1 N–H and O–H groups in total. The third-order valence-corrected chi connectivity index (χ3v) is 3.66. The number of amides is 1. The summed E-state index contributed by atoms with van der Waals surface area (Å²) in [5.41, 5.74) is 0.771.